The minimum atomic E-state index is -1.18. The minimum Gasteiger partial charge on any atom is -0.478 e. The van der Waals surface area contributed by atoms with Gasteiger partial charge in [0.05, 0.1) is 0 Å². The molecule has 0 aliphatic carbocycles. The molecule has 0 fully saturated rings. The lowest BCUT2D eigenvalue weighted by Crippen LogP contribution is -2.01. The fourth-order valence-corrected chi connectivity index (χ4v) is 0.329. The molecule has 4 nitrogen and oxygen atoms in total. The van der Waals surface area contributed by atoms with Crippen molar-refractivity contribution < 1.29 is 19.4 Å². The Bertz CT molecular complexity index is 193. The topological polar surface area (TPSA) is 63.6 Å². The SMILES string of the molecule is C=CCOC(=O)/C=C/C(=O)O. The fourth-order valence-electron chi connectivity index (χ4n) is 0.329. The molecule has 11 heavy (non-hydrogen) atoms. The maximum atomic E-state index is 10.5. The van der Waals surface area contributed by atoms with Gasteiger partial charge in [0, 0.05) is 12.2 Å². The van der Waals surface area contributed by atoms with Crippen LogP contribution in [-0.4, -0.2) is 23.7 Å². The molecule has 0 spiro atoms. The first-order valence-electron chi connectivity index (χ1n) is 2.85. The van der Waals surface area contributed by atoms with E-state index in [1.807, 2.05) is 0 Å². The number of carbonyl (C=O) groups excluding carboxylic acids is 1. The first kappa shape index (κ1) is 9.42. The summed E-state index contributed by atoms with van der Waals surface area (Å²) in [6.45, 7) is 3.40. The molecule has 60 valence electrons. The van der Waals surface area contributed by atoms with Crippen LogP contribution in [0.5, 0.6) is 0 Å². The maximum absolute atomic E-state index is 10.5. The van der Waals surface area contributed by atoms with E-state index < -0.39 is 11.9 Å². The first-order chi connectivity index (χ1) is 5.16. The third-order valence-corrected chi connectivity index (χ3v) is 0.705. The zero-order valence-corrected chi connectivity index (χ0v) is 5.82. The van der Waals surface area contributed by atoms with Crippen molar-refractivity contribution in [3.05, 3.63) is 24.8 Å². The zero-order valence-electron chi connectivity index (χ0n) is 5.82. The van der Waals surface area contributed by atoms with Gasteiger partial charge in [0.2, 0.25) is 0 Å². The fraction of sp³-hybridized carbons (Fsp3) is 0.143. The second-order valence-corrected chi connectivity index (χ2v) is 1.59. The van der Waals surface area contributed by atoms with E-state index >= 15 is 0 Å². The van der Waals surface area contributed by atoms with Gasteiger partial charge < -0.3 is 9.84 Å². The molecular formula is C7H8O4. The molecule has 0 bridgehead atoms. The van der Waals surface area contributed by atoms with E-state index in [0.29, 0.717) is 6.08 Å². The van der Waals surface area contributed by atoms with Crippen LogP contribution in [0.25, 0.3) is 0 Å². The van der Waals surface area contributed by atoms with Crippen molar-refractivity contribution in [3.63, 3.8) is 0 Å². The van der Waals surface area contributed by atoms with Gasteiger partial charge in [-0.25, -0.2) is 9.59 Å². The van der Waals surface area contributed by atoms with Crippen molar-refractivity contribution >= 4 is 11.9 Å². The van der Waals surface area contributed by atoms with Gasteiger partial charge in [0.15, 0.2) is 0 Å². The third-order valence-electron chi connectivity index (χ3n) is 0.705. The summed E-state index contributed by atoms with van der Waals surface area (Å²) in [5, 5.41) is 8.07. The number of ether oxygens (including phenoxy) is 1. The quantitative estimate of drug-likeness (QED) is 0.362. The van der Waals surface area contributed by atoms with Crippen molar-refractivity contribution in [2.24, 2.45) is 0 Å². The predicted molar refractivity (Wildman–Crippen MR) is 37.9 cm³/mol. The highest BCUT2D eigenvalue weighted by atomic mass is 16.5. The van der Waals surface area contributed by atoms with Crippen LogP contribution in [0.3, 0.4) is 0 Å². The van der Waals surface area contributed by atoms with Crippen molar-refractivity contribution in [2.45, 2.75) is 0 Å². The normalized spacial score (nSPS) is 9.45. The Morgan fingerprint density at radius 2 is 2.09 bits per heavy atom. The Kier molecular flexibility index (Phi) is 4.47. The Morgan fingerprint density at radius 3 is 2.55 bits per heavy atom. The maximum Gasteiger partial charge on any atom is 0.331 e. The molecule has 0 saturated carbocycles. The molecule has 0 aromatic carbocycles. The molecular weight excluding hydrogens is 148 g/mol. The Labute approximate surface area is 63.8 Å². The molecule has 1 N–H and O–H groups in total. The summed E-state index contributed by atoms with van der Waals surface area (Å²) in [5.74, 6) is -1.87. The van der Waals surface area contributed by atoms with Crippen LogP contribution in [0.1, 0.15) is 0 Å². The molecule has 0 aliphatic heterocycles. The standard InChI is InChI=1S/C7H8O4/c1-2-5-11-7(10)4-3-6(8)9/h2-4H,1,5H2,(H,8,9)/b4-3+. The van der Waals surface area contributed by atoms with Crippen LogP contribution >= 0.6 is 0 Å². The molecule has 0 aromatic heterocycles. The first-order valence-corrected chi connectivity index (χ1v) is 2.85. The molecule has 0 atom stereocenters. The van der Waals surface area contributed by atoms with E-state index in [0.717, 1.165) is 6.08 Å². The highest BCUT2D eigenvalue weighted by Gasteiger charge is 1.94. The number of rotatable bonds is 4. The van der Waals surface area contributed by atoms with E-state index in [-0.39, 0.29) is 6.61 Å². The van der Waals surface area contributed by atoms with E-state index in [9.17, 15) is 9.59 Å². The third kappa shape index (κ3) is 6.30. The summed E-state index contributed by atoms with van der Waals surface area (Å²) in [4.78, 5) is 20.3. The number of hydrogen-bond donors (Lipinski definition) is 1. The lowest BCUT2D eigenvalue weighted by molar-refractivity contribution is -0.137. The molecule has 0 aromatic rings. The van der Waals surface area contributed by atoms with Crippen molar-refractivity contribution in [1.29, 1.82) is 0 Å². The summed E-state index contributed by atoms with van der Waals surface area (Å²) in [7, 11) is 0. The molecule has 0 radical (unpaired) electrons. The number of carboxylic acid groups (broad SMARTS) is 1. The van der Waals surface area contributed by atoms with Crippen LogP contribution < -0.4 is 0 Å². The van der Waals surface area contributed by atoms with Gasteiger partial charge in [0.1, 0.15) is 6.61 Å². The number of carbonyl (C=O) groups is 2. The van der Waals surface area contributed by atoms with E-state index in [1.165, 1.54) is 6.08 Å². The van der Waals surface area contributed by atoms with Crippen molar-refractivity contribution in [3.8, 4) is 0 Å². The summed E-state index contributed by atoms with van der Waals surface area (Å²) in [6.07, 6.45) is 2.95. The van der Waals surface area contributed by atoms with Gasteiger partial charge in [-0.3, -0.25) is 0 Å². The highest BCUT2D eigenvalue weighted by Crippen LogP contribution is 1.81. The summed E-state index contributed by atoms with van der Waals surface area (Å²) < 4.78 is 4.43. The lowest BCUT2D eigenvalue weighted by Gasteiger charge is -1.93. The summed E-state index contributed by atoms with van der Waals surface area (Å²) in [6, 6.07) is 0. The summed E-state index contributed by atoms with van der Waals surface area (Å²) >= 11 is 0. The van der Waals surface area contributed by atoms with Crippen LogP contribution in [0, 0.1) is 0 Å². The number of carboxylic acids is 1. The lowest BCUT2D eigenvalue weighted by atomic mass is 10.5. The largest absolute Gasteiger partial charge is 0.478 e. The van der Waals surface area contributed by atoms with Gasteiger partial charge in [-0.15, -0.1) is 0 Å². The van der Waals surface area contributed by atoms with E-state index in [1.54, 1.807) is 0 Å². The molecule has 0 amide bonds. The van der Waals surface area contributed by atoms with Crippen LogP contribution in [0.4, 0.5) is 0 Å². The smallest absolute Gasteiger partial charge is 0.331 e. The number of esters is 1. The molecule has 0 heterocycles. The second kappa shape index (κ2) is 5.22. The average molecular weight is 156 g/mol. The molecule has 0 aliphatic rings. The highest BCUT2D eigenvalue weighted by molar-refractivity contribution is 5.90. The number of hydrogen-bond acceptors (Lipinski definition) is 3. The Balaban J connectivity index is 3.68. The molecule has 0 unspecified atom stereocenters. The van der Waals surface area contributed by atoms with Crippen LogP contribution in [0.2, 0.25) is 0 Å². The Morgan fingerprint density at radius 1 is 1.45 bits per heavy atom. The van der Waals surface area contributed by atoms with E-state index in [4.69, 9.17) is 5.11 Å². The number of aliphatic carboxylic acids is 1. The van der Waals surface area contributed by atoms with Crippen molar-refractivity contribution in [1.82, 2.24) is 0 Å². The molecule has 0 rings (SSSR count). The average Bonchev–Trinajstić information content (AvgIpc) is 1.97. The van der Waals surface area contributed by atoms with Gasteiger partial charge in [0.25, 0.3) is 0 Å². The minimum absolute atomic E-state index is 0.0861. The van der Waals surface area contributed by atoms with Gasteiger partial charge in [-0.05, 0) is 0 Å². The van der Waals surface area contributed by atoms with Gasteiger partial charge in [-0.2, -0.15) is 0 Å². The van der Waals surface area contributed by atoms with E-state index in [2.05, 4.69) is 11.3 Å². The van der Waals surface area contributed by atoms with Crippen molar-refractivity contribution in [2.75, 3.05) is 6.61 Å². The zero-order chi connectivity index (χ0) is 8.69. The predicted octanol–water partition coefficient (Wildman–Crippen LogP) is 0.356. The monoisotopic (exact) mass is 156 g/mol. The molecule has 0 saturated heterocycles. The summed E-state index contributed by atoms with van der Waals surface area (Å²) in [5.41, 5.74) is 0. The van der Waals surface area contributed by atoms with Gasteiger partial charge >= 0.3 is 11.9 Å². The van der Waals surface area contributed by atoms with Gasteiger partial charge in [-0.1, -0.05) is 12.7 Å². The van der Waals surface area contributed by atoms with Crippen LogP contribution in [-0.2, 0) is 14.3 Å². The van der Waals surface area contributed by atoms with Crippen LogP contribution in [0.15, 0.2) is 24.8 Å². The Hall–Kier alpha value is -1.58. The molecule has 4 heteroatoms. The second-order valence-electron chi connectivity index (χ2n) is 1.59.